The van der Waals surface area contributed by atoms with Crippen LogP contribution in [-0.4, -0.2) is 41.8 Å². The van der Waals surface area contributed by atoms with E-state index in [2.05, 4.69) is 34.9 Å². The van der Waals surface area contributed by atoms with Crippen molar-refractivity contribution in [3.8, 4) is 11.1 Å². The average Bonchev–Trinajstić information content (AvgIpc) is 3.16. The Hall–Kier alpha value is -3.35. The second-order valence-corrected chi connectivity index (χ2v) is 10.00. The Morgan fingerprint density at radius 2 is 1.69 bits per heavy atom. The van der Waals surface area contributed by atoms with Crippen LogP contribution in [-0.2, 0) is 14.3 Å². The Kier molecular flexibility index (Phi) is 7.43. The topological polar surface area (TPSA) is 105 Å². The van der Waals surface area contributed by atoms with Gasteiger partial charge in [-0.3, -0.25) is 9.59 Å². The number of ether oxygens (including phenoxy) is 1. The van der Waals surface area contributed by atoms with Gasteiger partial charge in [0.15, 0.2) is 0 Å². The number of carboxylic acid groups (broad SMARTS) is 1. The second kappa shape index (κ2) is 10.5. The van der Waals surface area contributed by atoms with Gasteiger partial charge in [-0.25, -0.2) is 4.79 Å². The molecule has 0 bridgehead atoms. The number of carboxylic acids is 1. The molecular formula is C28H34N2O5. The number of alkyl carbamates (subject to hydrolysis) is 1. The molecule has 0 heterocycles. The summed E-state index contributed by atoms with van der Waals surface area (Å²) in [7, 11) is 0. The monoisotopic (exact) mass is 478 g/mol. The molecule has 1 fully saturated rings. The van der Waals surface area contributed by atoms with Gasteiger partial charge in [0.1, 0.15) is 6.61 Å². The number of rotatable bonds is 8. The summed E-state index contributed by atoms with van der Waals surface area (Å²) in [6, 6.07) is 15.7. The molecule has 3 N–H and O–H groups in total. The third-order valence-corrected chi connectivity index (χ3v) is 7.54. The highest BCUT2D eigenvalue weighted by Crippen LogP contribution is 2.44. The lowest BCUT2D eigenvalue weighted by atomic mass is 9.71. The SMILES string of the molecule is CC(CCC(=O)NC1CCCCC1(C)C(=O)O)NC(=O)OCC1c2ccccc2-c2ccccc21. The fourth-order valence-electron chi connectivity index (χ4n) is 5.35. The van der Waals surface area contributed by atoms with Crippen molar-refractivity contribution in [3.05, 3.63) is 59.7 Å². The molecule has 186 valence electrons. The Morgan fingerprint density at radius 1 is 1.06 bits per heavy atom. The van der Waals surface area contributed by atoms with Gasteiger partial charge in [0.05, 0.1) is 5.41 Å². The van der Waals surface area contributed by atoms with E-state index in [1.807, 2.05) is 31.2 Å². The van der Waals surface area contributed by atoms with Crippen LogP contribution >= 0.6 is 0 Å². The maximum Gasteiger partial charge on any atom is 0.407 e. The van der Waals surface area contributed by atoms with E-state index in [-0.39, 0.29) is 36.9 Å². The van der Waals surface area contributed by atoms with Crippen LogP contribution in [0.3, 0.4) is 0 Å². The van der Waals surface area contributed by atoms with Crippen molar-refractivity contribution in [3.63, 3.8) is 0 Å². The fourth-order valence-corrected chi connectivity index (χ4v) is 5.35. The molecule has 3 unspecified atom stereocenters. The van der Waals surface area contributed by atoms with Gasteiger partial charge in [-0.1, -0.05) is 61.4 Å². The van der Waals surface area contributed by atoms with Crippen molar-refractivity contribution in [1.82, 2.24) is 10.6 Å². The first kappa shape index (κ1) is 24.8. The van der Waals surface area contributed by atoms with Crippen LogP contribution in [0, 0.1) is 5.41 Å². The van der Waals surface area contributed by atoms with Crippen LogP contribution < -0.4 is 10.6 Å². The molecule has 0 aromatic heterocycles. The second-order valence-electron chi connectivity index (χ2n) is 10.00. The van der Waals surface area contributed by atoms with Crippen molar-refractivity contribution < 1.29 is 24.2 Å². The van der Waals surface area contributed by atoms with Gasteiger partial charge in [-0.2, -0.15) is 0 Å². The first-order valence-electron chi connectivity index (χ1n) is 12.4. The Labute approximate surface area is 206 Å². The lowest BCUT2D eigenvalue weighted by Crippen LogP contribution is -2.52. The van der Waals surface area contributed by atoms with Crippen molar-refractivity contribution in [2.75, 3.05) is 6.61 Å². The molecule has 2 aromatic carbocycles. The van der Waals surface area contributed by atoms with Crippen LogP contribution in [0.1, 0.15) is 69.4 Å². The van der Waals surface area contributed by atoms with E-state index >= 15 is 0 Å². The standard InChI is InChI=1S/C28H34N2O5/c1-18(14-15-25(31)30-24-13-7-8-16-28(24,2)26(32)33)29-27(34)35-17-23-21-11-5-3-9-19(21)20-10-4-6-12-22(20)23/h3-6,9-12,18,23-24H,7-8,13-17H2,1-2H3,(H,29,34)(H,30,31)(H,32,33). The number of hydrogen-bond acceptors (Lipinski definition) is 4. The molecule has 2 aliphatic carbocycles. The zero-order valence-corrected chi connectivity index (χ0v) is 20.4. The smallest absolute Gasteiger partial charge is 0.407 e. The molecule has 2 aliphatic rings. The van der Waals surface area contributed by atoms with Gasteiger partial charge >= 0.3 is 12.1 Å². The maximum atomic E-state index is 12.5. The minimum atomic E-state index is -0.931. The number of fused-ring (bicyclic) bond motifs is 3. The van der Waals surface area contributed by atoms with E-state index < -0.39 is 17.5 Å². The van der Waals surface area contributed by atoms with Crippen molar-refractivity contribution in [1.29, 1.82) is 0 Å². The molecule has 0 aliphatic heterocycles. The largest absolute Gasteiger partial charge is 0.481 e. The number of nitrogens with one attached hydrogen (secondary N) is 2. The van der Waals surface area contributed by atoms with Crippen molar-refractivity contribution >= 4 is 18.0 Å². The Balaban J connectivity index is 1.24. The number of aliphatic carboxylic acids is 1. The van der Waals surface area contributed by atoms with Crippen molar-refractivity contribution in [2.45, 2.75) is 70.4 Å². The Morgan fingerprint density at radius 3 is 2.31 bits per heavy atom. The van der Waals surface area contributed by atoms with Crippen LogP contribution in [0.25, 0.3) is 11.1 Å². The molecule has 4 rings (SSSR count). The quantitative estimate of drug-likeness (QED) is 0.503. The highest BCUT2D eigenvalue weighted by molar-refractivity contribution is 5.80. The van der Waals surface area contributed by atoms with Gasteiger partial charge in [0, 0.05) is 24.4 Å². The molecule has 35 heavy (non-hydrogen) atoms. The fraction of sp³-hybridized carbons (Fsp3) is 0.464. The maximum absolute atomic E-state index is 12.5. The summed E-state index contributed by atoms with van der Waals surface area (Å²) in [6.45, 7) is 3.78. The molecule has 0 spiro atoms. The summed E-state index contributed by atoms with van der Waals surface area (Å²) < 4.78 is 5.58. The van der Waals surface area contributed by atoms with Gasteiger partial charge in [0.2, 0.25) is 5.91 Å². The van der Waals surface area contributed by atoms with Crippen LogP contribution in [0.15, 0.2) is 48.5 Å². The van der Waals surface area contributed by atoms with E-state index in [1.165, 1.54) is 11.1 Å². The van der Waals surface area contributed by atoms with E-state index in [1.54, 1.807) is 6.92 Å². The van der Waals surface area contributed by atoms with E-state index in [4.69, 9.17) is 4.74 Å². The van der Waals surface area contributed by atoms with Gasteiger partial charge in [-0.05, 0) is 55.4 Å². The first-order chi connectivity index (χ1) is 16.8. The van der Waals surface area contributed by atoms with Crippen LogP contribution in [0.2, 0.25) is 0 Å². The molecule has 2 amide bonds. The summed E-state index contributed by atoms with van der Waals surface area (Å²) in [5, 5.41) is 15.3. The third kappa shape index (κ3) is 5.34. The number of amides is 2. The van der Waals surface area contributed by atoms with Crippen LogP contribution in [0.4, 0.5) is 4.79 Å². The summed E-state index contributed by atoms with van der Waals surface area (Å²) in [5.74, 6) is -1.06. The molecule has 0 radical (unpaired) electrons. The molecule has 1 saturated carbocycles. The number of carbonyl (C=O) groups excluding carboxylic acids is 2. The molecule has 3 atom stereocenters. The lowest BCUT2D eigenvalue weighted by Gasteiger charge is -2.38. The normalized spacial score (nSPS) is 21.9. The zero-order valence-electron chi connectivity index (χ0n) is 20.4. The summed E-state index contributed by atoms with van der Waals surface area (Å²) >= 11 is 0. The average molecular weight is 479 g/mol. The van der Waals surface area contributed by atoms with Crippen LogP contribution in [0.5, 0.6) is 0 Å². The summed E-state index contributed by atoms with van der Waals surface area (Å²) in [5.41, 5.74) is 3.73. The zero-order chi connectivity index (χ0) is 25.0. The summed E-state index contributed by atoms with van der Waals surface area (Å²) in [4.78, 5) is 36.7. The molecule has 7 nitrogen and oxygen atoms in total. The predicted octanol–water partition coefficient (Wildman–Crippen LogP) is 4.84. The lowest BCUT2D eigenvalue weighted by molar-refractivity contribution is -0.152. The first-order valence-corrected chi connectivity index (χ1v) is 12.4. The van der Waals surface area contributed by atoms with Crippen molar-refractivity contribution in [2.24, 2.45) is 5.41 Å². The third-order valence-electron chi connectivity index (χ3n) is 7.54. The Bertz CT molecular complexity index is 1050. The molecule has 7 heteroatoms. The molecule has 0 saturated heterocycles. The van der Waals surface area contributed by atoms with Gasteiger partial charge in [0.25, 0.3) is 0 Å². The van der Waals surface area contributed by atoms with Gasteiger partial charge < -0.3 is 20.5 Å². The van der Waals surface area contributed by atoms with E-state index in [0.29, 0.717) is 19.3 Å². The minimum absolute atomic E-state index is 0.00623. The van der Waals surface area contributed by atoms with E-state index in [0.717, 1.165) is 24.0 Å². The molecular weight excluding hydrogens is 444 g/mol. The minimum Gasteiger partial charge on any atom is -0.481 e. The summed E-state index contributed by atoms with van der Waals surface area (Å²) in [6.07, 6.45) is 3.13. The van der Waals surface area contributed by atoms with Gasteiger partial charge in [-0.15, -0.1) is 0 Å². The number of benzene rings is 2. The highest BCUT2D eigenvalue weighted by Gasteiger charge is 2.43. The number of carbonyl (C=O) groups is 3. The molecule has 2 aromatic rings. The van der Waals surface area contributed by atoms with E-state index in [9.17, 15) is 19.5 Å². The predicted molar refractivity (Wildman–Crippen MR) is 133 cm³/mol. The highest BCUT2D eigenvalue weighted by atomic mass is 16.5. The number of hydrogen-bond donors (Lipinski definition) is 3.